The number of carboxylic acid groups (broad SMARTS) is 2. The number of rotatable bonds is 15. The normalized spacial score (nSPS) is 14.1. The van der Waals surface area contributed by atoms with Gasteiger partial charge in [0.05, 0.1) is 18.8 Å². The summed E-state index contributed by atoms with van der Waals surface area (Å²) in [6.45, 7) is 3.60. The fraction of sp³-hybridized carbons (Fsp3) is 0.407. The second-order valence-corrected chi connectivity index (χ2v) is 10.2. The zero-order valence-corrected chi connectivity index (χ0v) is 22.7. The number of aliphatic carboxylic acids is 2. The molecule has 0 saturated carbocycles. The number of nitrogens with two attached hydrogens (primary N) is 1. The van der Waals surface area contributed by atoms with Crippen molar-refractivity contribution in [1.29, 1.82) is 0 Å². The van der Waals surface area contributed by atoms with E-state index in [4.69, 9.17) is 10.8 Å². The van der Waals surface area contributed by atoms with Crippen LogP contribution >= 0.6 is 0 Å². The Balaban J connectivity index is 1.75. The van der Waals surface area contributed by atoms with Crippen molar-refractivity contribution in [2.75, 3.05) is 0 Å². The minimum atomic E-state index is -1.69. The van der Waals surface area contributed by atoms with Gasteiger partial charge in [0.1, 0.15) is 18.1 Å². The molecule has 14 heteroatoms. The molecule has 41 heavy (non-hydrogen) atoms. The lowest BCUT2D eigenvalue weighted by Gasteiger charge is -2.25. The number of hydrogen-bond donors (Lipinski definition) is 8. The zero-order chi connectivity index (χ0) is 30.1. The highest BCUT2D eigenvalue weighted by Crippen LogP contribution is 2.19. The predicted octanol–water partition coefficient (Wildman–Crippen LogP) is 0.0633. The summed E-state index contributed by atoms with van der Waals surface area (Å²) in [5, 5.41) is 26.7. The minimum absolute atomic E-state index is 0.00413. The van der Waals surface area contributed by atoms with Crippen LogP contribution in [0.25, 0.3) is 10.9 Å². The Kier molecular flexibility index (Phi) is 10.6. The van der Waals surface area contributed by atoms with Crippen LogP contribution in [0.3, 0.4) is 0 Å². The Morgan fingerprint density at radius 1 is 0.902 bits per heavy atom. The second-order valence-electron chi connectivity index (χ2n) is 10.2. The number of H-pyrrole nitrogens is 2. The topological polar surface area (TPSA) is 232 Å². The molecule has 0 fully saturated rings. The van der Waals surface area contributed by atoms with Gasteiger partial charge in [0.25, 0.3) is 0 Å². The van der Waals surface area contributed by atoms with E-state index in [2.05, 4.69) is 30.9 Å². The van der Waals surface area contributed by atoms with E-state index in [1.807, 2.05) is 24.3 Å². The number of para-hydroxylation sites is 1. The van der Waals surface area contributed by atoms with E-state index in [-0.39, 0.29) is 25.2 Å². The fourth-order valence-electron chi connectivity index (χ4n) is 4.36. The molecule has 9 N–H and O–H groups in total. The van der Waals surface area contributed by atoms with Gasteiger partial charge in [-0.15, -0.1) is 0 Å². The average molecular weight is 570 g/mol. The summed E-state index contributed by atoms with van der Waals surface area (Å²) in [5.41, 5.74) is 8.48. The van der Waals surface area contributed by atoms with E-state index in [0.29, 0.717) is 5.69 Å². The van der Waals surface area contributed by atoms with Crippen LogP contribution in [-0.4, -0.2) is 79.0 Å². The monoisotopic (exact) mass is 569 g/mol. The predicted molar refractivity (Wildman–Crippen MR) is 147 cm³/mol. The molecule has 0 radical (unpaired) electrons. The highest BCUT2D eigenvalue weighted by Gasteiger charge is 2.32. The van der Waals surface area contributed by atoms with Crippen molar-refractivity contribution in [3.05, 3.63) is 54.2 Å². The van der Waals surface area contributed by atoms with Crippen molar-refractivity contribution >= 4 is 40.6 Å². The Bertz CT molecular complexity index is 1370. The number of aromatic nitrogens is 3. The van der Waals surface area contributed by atoms with Crippen molar-refractivity contribution in [3.63, 3.8) is 0 Å². The van der Waals surface area contributed by atoms with Gasteiger partial charge in [0.2, 0.25) is 17.7 Å². The molecule has 220 valence electrons. The number of imidazole rings is 1. The van der Waals surface area contributed by atoms with E-state index < -0.39 is 60.2 Å². The molecule has 0 aliphatic rings. The largest absolute Gasteiger partial charge is 0.481 e. The summed E-state index contributed by atoms with van der Waals surface area (Å²) < 4.78 is 0. The van der Waals surface area contributed by atoms with Crippen LogP contribution in [0.15, 0.2) is 43.0 Å². The number of carbonyl (C=O) groups excluding carboxylic acids is 3. The Morgan fingerprint density at radius 3 is 2.20 bits per heavy atom. The van der Waals surface area contributed by atoms with Gasteiger partial charge in [0.15, 0.2) is 0 Å². The van der Waals surface area contributed by atoms with Crippen LogP contribution in [0.1, 0.15) is 37.9 Å². The van der Waals surface area contributed by atoms with Crippen molar-refractivity contribution in [2.24, 2.45) is 11.7 Å². The number of benzene rings is 1. The molecule has 14 nitrogen and oxygen atoms in total. The Labute approximate surface area is 235 Å². The first kappa shape index (κ1) is 30.8. The SMILES string of the molecule is CC(C)CC(NC(=O)C(Cc1cnc[nH]1)NC(=O)C(N)Cc1c[nH]c2ccccc12)C(=O)NC(CC(=O)O)C(=O)O. The molecule has 4 atom stereocenters. The summed E-state index contributed by atoms with van der Waals surface area (Å²) in [5.74, 6) is -5.19. The molecular formula is C27H35N7O7. The molecule has 0 aliphatic heterocycles. The summed E-state index contributed by atoms with van der Waals surface area (Å²) in [6.07, 6.45) is 4.17. The fourth-order valence-corrected chi connectivity index (χ4v) is 4.36. The van der Waals surface area contributed by atoms with E-state index in [9.17, 15) is 29.1 Å². The number of hydrogen-bond acceptors (Lipinski definition) is 7. The smallest absolute Gasteiger partial charge is 0.326 e. The molecule has 3 amide bonds. The third-order valence-corrected chi connectivity index (χ3v) is 6.40. The number of nitrogens with one attached hydrogen (secondary N) is 5. The first-order valence-corrected chi connectivity index (χ1v) is 13.1. The average Bonchev–Trinajstić information content (AvgIpc) is 3.57. The van der Waals surface area contributed by atoms with Crippen molar-refractivity contribution in [3.8, 4) is 0 Å². The van der Waals surface area contributed by atoms with E-state index >= 15 is 0 Å². The van der Waals surface area contributed by atoms with Crippen molar-refractivity contribution in [1.82, 2.24) is 30.9 Å². The van der Waals surface area contributed by atoms with E-state index in [1.165, 1.54) is 12.5 Å². The molecule has 1 aromatic carbocycles. The highest BCUT2D eigenvalue weighted by atomic mass is 16.4. The maximum absolute atomic E-state index is 13.4. The molecule has 0 spiro atoms. The van der Waals surface area contributed by atoms with E-state index in [0.717, 1.165) is 16.5 Å². The number of amides is 3. The van der Waals surface area contributed by atoms with Gasteiger partial charge >= 0.3 is 11.9 Å². The lowest BCUT2D eigenvalue weighted by Crippen LogP contribution is -2.58. The van der Waals surface area contributed by atoms with Crippen molar-refractivity contribution < 1.29 is 34.2 Å². The molecule has 3 aromatic rings. The van der Waals surface area contributed by atoms with Gasteiger partial charge in [-0.05, 0) is 30.4 Å². The maximum atomic E-state index is 13.4. The summed E-state index contributed by atoms with van der Waals surface area (Å²) in [6, 6.07) is 2.54. The molecule has 2 aromatic heterocycles. The van der Waals surface area contributed by atoms with Crippen LogP contribution in [0, 0.1) is 5.92 Å². The molecule has 0 saturated heterocycles. The molecule has 3 rings (SSSR count). The number of fused-ring (bicyclic) bond motifs is 1. The Hall–Kier alpha value is -4.72. The quantitative estimate of drug-likeness (QED) is 0.123. The first-order valence-electron chi connectivity index (χ1n) is 13.1. The first-order chi connectivity index (χ1) is 19.4. The Morgan fingerprint density at radius 2 is 1.56 bits per heavy atom. The summed E-state index contributed by atoms with van der Waals surface area (Å²) in [4.78, 5) is 71.9. The summed E-state index contributed by atoms with van der Waals surface area (Å²) in [7, 11) is 0. The minimum Gasteiger partial charge on any atom is -0.481 e. The zero-order valence-electron chi connectivity index (χ0n) is 22.7. The van der Waals surface area contributed by atoms with Gasteiger partial charge < -0.3 is 41.9 Å². The third-order valence-electron chi connectivity index (χ3n) is 6.40. The number of nitrogens with zero attached hydrogens (tertiary/aromatic N) is 1. The number of carboxylic acids is 2. The second kappa shape index (κ2) is 14.1. The van der Waals surface area contributed by atoms with Crippen LogP contribution in [0.4, 0.5) is 0 Å². The van der Waals surface area contributed by atoms with Crippen LogP contribution in [0.5, 0.6) is 0 Å². The van der Waals surface area contributed by atoms with Gasteiger partial charge in [-0.2, -0.15) is 0 Å². The number of carbonyl (C=O) groups is 5. The van der Waals surface area contributed by atoms with Gasteiger partial charge in [-0.25, -0.2) is 9.78 Å². The molecule has 0 bridgehead atoms. The van der Waals surface area contributed by atoms with Crippen LogP contribution in [-0.2, 0) is 36.8 Å². The van der Waals surface area contributed by atoms with Gasteiger partial charge in [-0.1, -0.05) is 32.0 Å². The lowest BCUT2D eigenvalue weighted by molar-refractivity contribution is -0.147. The lowest BCUT2D eigenvalue weighted by atomic mass is 10.0. The molecule has 4 unspecified atom stereocenters. The number of aromatic amines is 2. The molecular weight excluding hydrogens is 534 g/mol. The highest BCUT2D eigenvalue weighted by molar-refractivity contribution is 5.95. The van der Waals surface area contributed by atoms with Gasteiger partial charge in [-0.3, -0.25) is 19.2 Å². The standard InChI is InChI=1S/C27H35N7O7/c1-14(2)7-20(25(38)34-22(27(40)41)10-23(35)36)33-26(39)21(9-16-12-29-13-31-16)32-24(37)18(28)8-15-11-30-19-6-4-3-5-17(15)19/h3-6,11-14,18,20-22,30H,7-10,28H2,1-2H3,(H,29,31)(H,32,37)(H,33,39)(H,34,38)(H,35,36)(H,40,41). The molecule has 0 aliphatic carbocycles. The van der Waals surface area contributed by atoms with Gasteiger partial charge in [0, 0.05) is 35.4 Å². The van der Waals surface area contributed by atoms with Crippen LogP contribution < -0.4 is 21.7 Å². The summed E-state index contributed by atoms with van der Waals surface area (Å²) >= 11 is 0. The molecule has 2 heterocycles. The maximum Gasteiger partial charge on any atom is 0.326 e. The van der Waals surface area contributed by atoms with Crippen molar-refractivity contribution in [2.45, 2.75) is 63.7 Å². The third kappa shape index (κ3) is 8.89. The van der Waals surface area contributed by atoms with E-state index in [1.54, 1.807) is 20.0 Å². The van der Waals surface area contributed by atoms with Crippen LogP contribution in [0.2, 0.25) is 0 Å².